The van der Waals surface area contributed by atoms with Gasteiger partial charge in [0.25, 0.3) is 0 Å². The van der Waals surface area contributed by atoms with E-state index in [2.05, 4.69) is 20.3 Å². The number of aromatic amines is 1. The van der Waals surface area contributed by atoms with Crippen molar-refractivity contribution < 1.29 is 23.4 Å². The third kappa shape index (κ3) is 5.18. The van der Waals surface area contributed by atoms with Crippen molar-refractivity contribution in [1.82, 2.24) is 25.3 Å². The molecule has 10 heteroatoms. The Morgan fingerprint density at radius 2 is 1.89 bits per heavy atom. The van der Waals surface area contributed by atoms with Gasteiger partial charge in [-0.05, 0) is 63.9 Å². The Balaban J connectivity index is 1.43. The molecule has 184 valence electrons. The average Bonchev–Trinajstić information content (AvgIpc) is 3.54. The average molecular weight is 482 g/mol. The summed E-state index contributed by atoms with van der Waals surface area (Å²) >= 11 is 0. The number of aromatic nitrogens is 4. The highest BCUT2D eigenvalue weighted by Crippen LogP contribution is 2.36. The van der Waals surface area contributed by atoms with Crippen molar-refractivity contribution in [2.75, 3.05) is 13.2 Å². The fourth-order valence-corrected chi connectivity index (χ4v) is 3.74. The quantitative estimate of drug-likeness (QED) is 0.528. The monoisotopic (exact) mass is 481 g/mol. The molecule has 0 unspecified atom stereocenters. The fourth-order valence-electron chi connectivity index (χ4n) is 3.74. The summed E-state index contributed by atoms with van der Waals surface area (Å²) in [5.41, 5.74) is 1.62. The summed E-state index contributed by atoms with van der Waals surface area (Å²) in [7, 11) is 0. The number of hydrogen-bond donors (Lipinski definition) is 2. The van der Waals surface area contributed by atoms with E-state index in [-0.39, 0.29) is 43.1 Å². The second-order valence-electron chi connectivity index (χ2n) is 9.51. The van der Waals surface area contributed by atoms with E-state index in [9.17, 15) is 9.18 Å². The standard InChI is InChI=1S/C25H28FN5O4/c1-14(2)35-24-27-11-10-18(29-24)20-19(15-4-6-16(26)7-5-15)30-21(31-20)22-33-12-25(3,13-34-22)23(32)28-17-8-9-17/h4-7,10-11,14,17,22H,8-9,12-13H2,1-3H3,(H,28,32)(H,30,31). The van der Waals surface area contributed by atoms with Crippen molar-refractivity contribution in [3.05, 3.63) is 48.2 Å². The summed E-state index contributed by atoms with van der Waals surface area (Å²) in [5, 5.41) is 3.02. The highest BCUT2D eigenvalue weighted by atomic mass is 19.1. The van der Waals surface area contributed by atoms with Gasteiger partial charge in [0, 0.05) is 17.8 Å². The number of hydrogen-bond acceptors (Lipinski definition) is 7. The van der Waals surface area contributed by atoms with Crippen LogP contribution in [0.25, 0.3) is 22.6 Å². The van der Waals surface area contributed by atoms with E-state index in [4.69, 9.17) is 19.2 Å². The molecule has 35 heavy (non-hydrogen) atoms. The van der Waals surface area contributed by atoms with Crippen LogP contribution in [-0.4, -0.2) is 51.2 Å². The minimum Gasteiger partial charge on any atom is -0.461 e. The summed E-state index contributed by atoms with van der Waals surface area (Å²) in [5.74, 6) is 0.0154. The van der Waals surface area contributed by atoms with Gasteiger partial charge in [-0.2, -0.15) is 4.98 Å². The Kier molecular flexibility index (Phi) is 6.24. The molecule has 1 aliphatic carbocycles. The number of halogens is 1. The number of nitrogens with one attached hydrogen (secondary N) is 2. The number of imidazole rings is 1. The molecule has 2 N–H and O–H groups in total. The van der Waals surface area contributed by atoms with Gasteiger partial charge in [0.15, 0.2) is 5.82 Å². The molecule has 1 amide bonds. The summed E-state index contributed by atoms with van der Waals surface area (Å²) in [6.45, 7) is 6.00. The van der Waals surface area contributed by atoms with Gasteiger partial charge in [0.2, 0.25) is 12.2 Å². The molecule has 9 nitrogen and oxygen atoms in total. The number of amides is 1. The molecular formula is C25H28FN5O4. The molecule has 3 aromatic rings. The smallest absolute Gasteiger partial charge is 0.317 e. The maximum absolute atomic E-state index is 13.6. The summed E-state index contributed by atoms with van der Waals surface area (Å²) < 4.78 is 31.1. The van der Waals surface area contributed by atoms with Crippen LogP contribution >= 0.6 is 0 Å². The molecule has 1 saturated heterocycles. The van der Waals surface area contributed by atoms with Crippen LogP contribution in [0.5, 0.6) is 6.01 Å². The second-order valence-corrected chi connectivity index (χ2v) is 9.51. The van der Waals surface area contributed by atoms with Crippen molar-refractivity contribution >= 4 is 5.91 Å². The van der Waals surface area contributed by atoms with Crippen molar-refractivity contribution in [3.63, 3.8) is 0 Å². The molecule has 0 bridgehead atoms. The van der Waals surface area contributed by atoms with E-state index in [1.165, 1.54) is 12.1 Å². The number of nitrogens with zero attached hydrogens (tertiary/aromatic N) is 3. The van der Waals surface area contributed by atoms with Crippen molar-refractivity contribution in [1.29, 1.82) is 0 Å². The van der Waals surface area contributed by atoms with Gasteiger partial charge in [-0.1, -0.05) is 0 Å². The van der Waals surface area contributed by atoms with Crippen molar-refractivity contribution in [3.8, 4) is 28.7 Å². The number of ether oxygens (including phenoxy) is 3. The predicted molar refractivity (Wildman–Crippen MR) is 125 cm³/mol. The number of carbonyl (C=O) groups is 1. The van der Waals surface area contributed by atoms with Gasteiger partial charge < -0.3 is 24.5 Å². The lowest BCUT2D eigenvalue weighted by molar-refractivity contribution is -0.231. The van der Waals surface area contributed by atoms with Crippen molar-refractivity contribution in [2.24, 2.45) is 5.41 Å². The molecule has 2 fully saturated rings. The van der Waals surface area contributed by atoms with E-state index >= 15 is 0 Å². The van der Waals surface area contributed by atoms with Crippen LogP contribution in [0.3, 0.4) is 0 Å². The van der Waals surface area contributed by atoms with Gasteiger partial charge in [0.1, 0.15) is 5.82 Å². The third-order valence-corrected chi connectivity index (χ3v) is 5.86. The lowest BCUT2D eigenvalue weighted by Gasteiger charge is -2.35. The maximum atomic E-state index is 13.6. The number of benzene rings is 1. The molecule has 1 aromatic carbocycles. The zero-order chi connectivity index (χ0) is 24.6. The van der Waals surface area contributed by atoms with Gasteiger partial charge in [-0.3, -0.25) is 4.79 Å². The summed E-state index contributed by atoms with van der Waals surface area (Å²) in [4.78, 5) is 29.3. The normalized spacial score (nSPS) is 22.3. The summed E-state index contributed by atoms with van der Waals surface area (Å²) in [6.07, 6.45) is 2.75. The van der Waals surface area contributed by atoms with Crippen LogP contribution in [0.1, 0.15) is 45.7 Å². The first-order chi connectivity index (χ1) is 16.8. The highest BCUT2D eigenvalue weighted by Gasteiger charge is 2.42. The van der Waals surface area contributed by atoms with E-state index in [0.29, 0.717) is 28.5 Å². The van der Waals surface area contributed by atoms with Crippen LogP contribution in [-0.2, 0) is 14.3 Å². The maximum Gasteiger partial charge on any atom is 0.317 e. The number of H-pyrrole nitrogens is 1. The van der Waals surface area contributed by atoms with Gasteiger partial charge in [-0.25, -0.2) is 14.4 Å². The van der Waals surface area contributed by atoms with Gasteiger partial charge in [-0.15, -0.1) is 0 Å². The Bertz CT molecular complexity index is 1200. The van der Waals surface area contributed by atoms with Gasteiger partial charge >= 0.3 is 6.01 Å². The Labute approximate surface area is 202 Å². The topological polar surface area (TPSA) is 111 Å². The van der Waals surface area contributed by atoms with Crippen LogP contribution in [0.15, 0.2) is 36.5 Å². The molecule has 3 heterocycles. The van der Waals surface area contributed by atoms with Crippen LogP contribution in [0.4, 0.5) is 4.39 Å². The molecule has 2 aromatic heterocycles. The van der Waals surface area contributed by atoms with E-state index in [0.717, 1.165) is 12.8 Å². The van der Waals surface area contributed by atoms with Crippen LogP contribution < -0.4 is 10.1 Å². The molecule has 0 radical (unpaired) electrons. The predicted octanol–water partition coefficient (Wildman–Crippen LogP) is 3.79. The fraction of sp³-hybridized carbons (Fsp3) is 0.440. The van der Waals surface area contributed by atoms with Crippen LogP contribution in [0.2, 0.25) is 0 Å². The first kappa shape index (κ1) is 23.4. The van der Waals surface area contributed by atoms with E-state index in [1.54, 1.807) is 24.4 Å². The minimum atomic E-state index is -0.794. The molecule has 0 spiro atoms. The summed E-state index contributed by atoms with van der Waals surface area (Å²) in [6, 6.07) is 8.28. The van der Waals surface area contributed by atoms with E-state index in [1.807, 2.05) is 20.8 Å². The molecule has 0 atom stereocenters. The first-order valence-corrected chi connectivity index (χ1v) is 11.7. The molecule has 1 saturated carbocycles. The zero-order valence-electron chi connectivity index (χ0n) is 19.9. The number of rotatable bonds is 7. The van der Waals surface area contributed by atoms with Crippen LogP contribution in [0, 0.1) is 11.2 Å². The molecule has 1 aliphatic heterocycles. The van der Waals surface area contributed by atoms with Crippen molar-refractivity contribution in [2.45, 2.75) is 52.0 Å². The first-order valence-electron chi connectivity index (χ1n) is 11.7. The largest absolute Gasteiger partial charge is 0.461 e. The number of carbonyl (C=O) groups excluding carboxylic acids is 1. The second kappa shape index (κ2) is 9.35. The minimum absolute atomic E-state index is 0.0655. The molecule has 5 rings (SSSR count). The lowest BCUT2D eigenvalue weighted by Crippen LogP contribution is -2.49. The van der Waals surface area contributed by atoms with E-state index < -0.39 is 11.7 Å². The Morgan fingerprint density at radius 1 is 1.17 bits per heavy atom. The lowest BCUT2D eigenvalue weighted by atomic mass is 9.91. The highest BCUT2D eigenvalue weighted by molar-refractivity contribution is 5.83. The third-order valence-electron chi connectivity index (χ3n) is 5.86. The Morgan fingerprint density at radius 3 is 2.54 bits per heavy atom. The Hall–Kier alpha value is -3.37. The zero-order valence-corrected chi connectivity index (χ0v) is 19.9. The molecule has 2 aliphatic rings. The SMILES string of the molecule is CC(C)Oc1nccc(-c2[nH]c(C3OCC(C)(C(=O)NC4CC4)CO3)nc2-c2ccc(F)cc2)n1. The molecular weight excluding hydrogens is 453 g/mol. The van der Waals surface area contributed by atoms with Gasteiger partial charge in [0.05, 0.1) is 41.8 Å².